The van der Waals surface area contributed by atoms with Gasteiger partial charge in [0.15, 0.2) is 12.4 Å². The number of amides is 2. The molecule has 5 nitrogen and oxygen atoms in total. The number of benzene rings is 4. The first-order valence-corrected chi connectivity index (χ1v) is 12.9. The van der Waals surface area contributed by atoms with Gasteiger partial charge in [-0.15, -0.1) is 0 Å². The van der Waals surface area contributed by atoms with Gasteiger partial charge in [-0.2, -0.15) is 0 Å². The summed E-state index contributed by atoms with van der Waals surface area (Å²) in [6.07, 6.45) is 0. The number of carbonyl (C=O) groups excluding carboxylic acids is 3. The number of anilines is 1. The van der Waals surface area contributed by atoms with Crippen molar-refractivity contribution < 1.29 is 19.1 Å². The molecular formula is C33H25NO4. The Morgan fingerprint density at radius 1 is 0.684 bits per heavy atom. The average Bonchev–Trinajstić information content (AvgIpc) is 3.22. The summed E-state index contributed by atoms with van der Waals surface area (Å²) in [7, 11) is 0. The van der Waals surface area contributed by atoms with Crippen LogP contribution in [-0.2, 0) is 9.59 Å². The zero-order valence-electron chi connectivity index (χ0n) is 20.8. The van der Waals surface area contributed by atoms with Gasteiger partial charge in [-0.05, 0) is 53.4 Å². The molecule has 0 saturated carbocycles. The summed E-state index contributed by atoms with van der Waals surface area (Å²) in [5.41, 5.74) is 6.83. The highest BCUT2D eigenvalue weighted by Crippen LogP contribution is 2.61. The third kappa shape index (κ3) is 3.28. The van der Waals surface area contributed by atoms with E-state index in [-0.39, 0.29) is 36.0 Å². The van der Waals surface area contributed by atoms with Crippen molar-refractivity contribution in [2.45, 2.75) is 18.8 Å². The Kier molecular flexibility index (Phi) is 5.08. The van der Waals surface area contributed by atoms with Gasteiger partial charge in [-0.1, -0.05) is 78.4 Å². The summed E-state index contributed by atoms with van der Waals surface area (Å²) in [6.45, 7) is 1.88. The van der Waals surface area contributed by atoms with E-state index in [1.807, 2.05) is 43.3 Å². The molecule has 3 aliphatic carbocycles. The van der Waals surface area contributed by atoms with Crippen molar-refractivity contribution in [1.82, 2.24) is 0 Å². The minimum Gasteiger partial charge on any atom is -0.485 e. The Labute approximate surface area is 220 Å². The topological polar surface area (TPSA) is 63.7 Å². The second-order valence-corrected chi connectivity index (χ2v) is 10.3. The number of ether oxygens (including phenoxy) is 1. The maximum atomic E-state index is 13.9. The molecule has 5 heteroatoms. The van der Waals surface area contributed by atoms with Gasteiger partial charge >= 0.3 is 0 Å². The summed E-state index contributed by atoms with van der Waals surface area (Å²) in [5.74, 6) is -1.00. The van der Waals surface area contributed by atoms with Crippen LogP contribution in [0.2, 0.25) is 0 Å². The molecule has 1 aliphatic heterocycles. The maximum Gasteiger partial charge on any atom is 0.238 e. The molecule has 8 rings (SSSR count). The van der Waals surface area contributed by atoms with E-state index in [0.29, 0.717) is 17.0 Å². The summed E-state index contributed by atoms with van der Waals surface area (Å²) in [6, 6.07) is 30.7. The number of aryl methyl sites for hydroxylation is 1. The molecule has 2 bridgehead atoms. The van der Waals surface area contributed by atoms with Crippen molar-refractivity contribution in [3.8, 4) is 5.75 Å². The fraction of sp³-hybridized carbons (Fsp3) is 0.182. The normalized spacial score (nSPS) is 22.6. The van der Waals surface area contributed by atoms with Crippen LogP contribution in [0.25, 0.3) is 0 Å². The molecule has 1 saturated heterocycles. The number of Topliss-reactive ketones (excluding diaryl/α,β-unsaturated/α-hetero) is 1. The predicted octanol–water partition coefficient (Wildman–Crippen LogP) is 5.65. The van der Waals surface area contributed by atoms with E-state index in [0.717, 1.165) is 27.8 Å². The molecule has 4 aromatic rings. The van der Waals surface area contributed by atoms with Crippen LogP contribution in [0.5, 0.6) is 5.75 Å². The van der Waals surface area contributed by atoms with Gasteiger partial charge < -0.3 is 4.74 Å². The molecule has 0 N–H and O–H groups in total. The molecule has 0 unspecified atom stereocenters. The first-order valence-electron chi connectivity index (χ1n) is 12.9. The Balaban J connectivity index is 1.15. The van der Waals surface area contributed by atoms with Crippen LogP contribution in [0.3, 0.4) is 0 Å². The van der Waals surface area contributed by atoms with Crippen LogP contribution in [0.15, 0.2) is 97.1 Å². The number of nitrogens with zero attached hydrogens (tertiary/aromatic N) is 1. The van der Waals surface area contributed by atoms with Gasteiger partial charge in [0.05, 0.1) is 17.5 Å². The Bertz CT molecular complexity index is 1490. The van der Waals surface area contributed by atoms with E-state index >= 15 is 0 Å². The van der Waals surface area contributed by atoms with E-state index in [1.165, 1.54) is 4.90 Å². The van der Waals surface area contributed by atoms with Crippen LogP contribution < -0.4 is 9.64 Å². The van der Waals surface area contributed by atoms with E-state index < -0.39 is 11.8 Å². The summed E-state index contributed by atoms with van der Waals surface area (Å²) in [5, 5.41) is 0. The Morgan fingerprint density at radius 3 is 1.63 bits per heavy atom. The van der Waals surface area contributed by atoms with Crippen LogP contribution >= 0.6 is 0 Å². The maximum absolute atomic E-state index is 13.9. The lowest BCUT2D eigenvalue weighted by Crippen LogP contribution is -2.41. The van der Waals surface area contributed by atoms with Gasteiger partial charge in [0.25, 0.3) is 0 Å². The SMILES string of the molecule is Cc1ccc(C(=O)COc2ccc(N3C(=O)[C@H]4C5c6ccccc6C(c6ccccc65)[C@@H]4C3=O)cc2)cc1. The average molecular weight is 500 g/mol. The molecular weight excluding hydrogens is 474 g/mol. The van der Waals surface area contributed by atoms with Gasteiger partial charge in [-0.3, -0.25) is 14.4 Å². The lowest BCUT2D eigenvalue weighted by Gasteiger charge is -2.45. The molecule has 2 atom stereocenters. The third-order valence-electron chi connectivity index (χ3n) is 8.29. The number of ketones is 1. The number of rotatable bonds is 5. The number of carbonyl (C=O) groups is 3. The highest BCUT2D eigenvalue weighted by molar-refractivity contribution is 6.23. The van der Waals surface area contributed by atoms with Crippen molar-refractivity contribution >= 4 is 23.3 Å². The monoisotopic (exact) mass is 499 g/mol. The largest absolute Gasteiger partial charge is 0.485 e. The Morgan fingerprint density at radius 2 is 1.16 bits per heavy atom. The predicted molar refractivity (Wildman–Crippen MR) is 143 cm³/mol. The lowest BCUT2D eigenvalue weighted by molar-refractivity contribution is -0.122. The molecule has 1 fully saturated rings. The van der Waals surface area contributed by atoms with Crippen molar-refractivity contribution in [2.24, 2.45) is 11.8 Å². The smallest absolute Gasteiger partial charge is 0.238 e. The zero-order chi connectivity index (χ0) is 26.0. The highest BCUT2D eigenvalue weighted by Gasteiger charge is 2.61. The first kappa shape index (κ1) is 22.7. The first-order chi connectivity index (χ1) is 18.5. The molecule has 0 radical (unpaired) electrons. The van der Waals surface area contributed by atoms with E-state index in [2.05, 4.69) is 24.3 Å². The summed E-state index contributed by atoms with van der Waals surface area (Å²) in [4.78, 5) is 41.6. The molecule has 0 aromatic heterocycles. The third-order valence-corrected chi connectivity index (χ3v) is 8.29. The van der Waals surface area contributed by atoms with Crippen LogP contribution in [0, 0.1) is 18.8 Å². The van der Waals surface area contributed by atoms with Crippen LogP contribution in [0.1, 0.15) is 50.0 Å². The van der Waals surface area contributed by atoms with E-state index in [9.17, 15) is 14.4 Å². The molecule has 2 amide bonds. The minimum absolute atomic E-state index is 0.0893. The lowest BCUT2D eigenvalue weighted by atomic mass is 9.55. The summed E-state index contributed by atoms with van der Waals surface area (Å²) >= 11 is 0. The summed E-state index contributed by atoms with van der Waals surface area (Å²) < 4.78 is 5.71. The van der Waals surface area contributed by atoms with Crippen molar-refractivity contribution in [3.63, 3.8) is 0 Å². The minimum atomic E-state index is -0.416. The molecule has 38 heavy (non-hydrogen) atoms. The Hall–Kier alpha value is -4.51. The molecule has 0 spiro atoms. The van der Waals surface area contributed by atoms with Crippen molar-refractivity contribution in [2.75, 3.05) is 11.5 Å². The van der Waals surface area contributed by atoms with Gasteiger partial charge in [0, 0.05) is 17.4 Å². The zero-order valence-corrected chi connectivity index (χ0v) is 20.8. The number of hydrogen-bond donors (Lipinski definition) is 0. The van der Waals surface area contributed by atoms with E-state index in [1.54, 1.807) is 36.4 Å². The molecule has 1 heterocycles. The quantitative estimate of drug-likeness (QED) is 0.263. The van der Waals surface area contributed by atoms with E-state index in [4.69, 9.17) is 4.74 Å². The van der Waals surface area contributed by atoms with Crippen LogP contribution in [-0.4, -0.2) is 24.2 Å². The molecule has 4 aliphatic rings. The van der Waals surface area contributed by atoms with Gasteiger partial charge in [0.1, 0.15) is 5.75 Å². The van der Waals surface area contributed by atoms with Crippen LogP contribution in [0.4, 0.5) is 5.69 Å². The molecule has 186 valence electrons. The number of hydrogen-bond acceptors (Lipinski definition) is 4. The van der Waals surface area contributed by atoms with Crippen molar-refractivity contribution in [3.05, 3.63) is 130 Å². The van der Waals surface area contributed by atoms with Gasteiger partial charge in [-0.25, -0.2) is 4.90 Å². The fourth-order valence-electron chi connectivity index (χ4n) is 6.59. The second kappa shape index (κ2) is 8.52. The highest BCUT2D eigenvalue weighted by atomic mass is 16.5. The second-order valence-electron chi connectivity index (χ2n) is 10.3. The fourth-order valence-corrected chi connectivity index (χ4v) is 6.59. The van der Waals surface area contributed by atoms with Gasteiger partial charge in [0.2, 0.25) is 11.8 Å². The molecule has 4 aromatic carbocycles. The van der Waals surface area contributed by atoms with Crippen molar-refractivity contribution in [1.29, 1.82) is 0 Å². The standard InChI is InChI=1S/C33H25NO4/c1-19-10-12-20(13-11-19)27(35)18-38-22-16-14-21(15-17-22)34-32(36)30-28-23-6-2-3-7-24(23)29(31(30)33(34)37)26-9-5-4-8-25(26)28/h2-17,28-31H,18H2,1H3/t28?,29?,30-,31-/m0/s1. The number of imide groups is 1.